The monoisotopic (exact) mass is 454 g/mol. The maximum atomic E-state index is 13.2. The van der Waals surface area contributed by atoms with Crippen LogP contribution in [-0.4, -0.2) is 35.5 Å². The number of aromatic hydroxyl groups is 1. The molecule has 0 aliphatic carbocycles. The van der Waals surface area contributed by atoms with E-state index in [-0.39, 0.29) is 45.2 Å². The first-order valence-electron chi connectivity index (χ1n) is 9.76. The summed E-state index contributed by atoms with van der Waals surface area (Å²) in [6.45, 7) is 0. The van der Waals surface area contributed by atoms with E-state index in [1.165, 1.54) is 52.0 Å². The van der Waals surface area contributed by atoms with E-state index in [4.69, 9.17) is 10.5 Å². The molecule has 0 spiro atoms. The number of nitrogens with one attached hydrogen (secondary N) is 1. The van der Waals surface area contributed by atoms with Crippen molar-refractivity contribution in [2.45, 2.75) is 0 Å². The molecular weight excluding hydrogens is 432 g/mol. The minimum Gasteiger partial charge on any atom is -0.504 e. The van der Waals surface area contributed by atoms with Gasteiger partial charge in [-0.15, -0.1) is 0 Å². The number of benzene rings is 1. The molecule has 1 aromatic carbocycles. The number of phenolic OH excluding ortho intramolecular Hbond substituents is 1. The second-order valence-electron chi connectivity index (χ2n) is 7.66. The van der Waals surface area contributed by atoms with Gasteiger partial charge in [-0.2, -0.15) is 0 Å². The quantitative estimate of drug-likeness (QED) is 0.379. The van der Waals surface area contributed by atoms with Crippen LogP contribution in [0.3, 0.4) is 0 Å². The summed E-state index contributed by atoms with van der Waals surface area (Å²) >= 11 is 0. The lowest BCUT2D eigenvalue weighted by Crippen LogP contribution is -2.39. The minimum atomic E-state index is -0.709. The van der Waals surface area contributed by atoms with E-state index >= 15 is 0 Å². The number of nitrogen functional groups attached to an aromatic ring is 1. The van der Waals surface area contributed by atoms with Crippen molar-refractivity contribution in [3.8, 4) is 33.9 Å². The van der Waals surface area contributed by atoms with E-state index in [1.807, 2.05) is 0 Å². The van der Waals surface area contributed by atoms with Crippen molar-refractivity contribution in [3.05, 3.63) is 59.9 Å². The van der Waals surface area contributed by atoms with Crippen LogP contribution in [0.1, 0.15) is 0 Å². The number of nitrogens with zero attached hydrogens (tertiary/aromatic N) is 4. The van der Waals surface area contributed by atoms with Crippen LogP contribution in [-0.2, 0) is 28.2 Å². The van der Waals surface area contributed by atoms with Crippen LogP contribution >= 0.6 is 0 Å². The first kappa shape index (κ1) is 21.7. The van der Waals surface area contributed by atoms with Gasteiger partial charge in [-0.1, -0.05) is 0 Å². The first-order valence-corrected chi connectivity index (χ1v) is 9.76. The van der Waals surface area contributed by atoms with Crippen molar-refractivity contribution in [1.82, 2.24) is 23.3 Å². The minimum absolute atomic E-state index is 0.0455. The highest BCUT2D eigenvalue weighted by molar-refractivity contribution is 6.04. The van der Waals surface area contributed by atoms with Gasteiger partial charge in [-0.3, -0.25) is 27.9 Å². The number of nitrogens with two attached hydrogens (primary N) is 1. The molecule has 0 saturated carbocycles. The smallest absolute Gasteiger partial charge is 0.332 e. The lowest BCUT2D eigenvalue weighted by atomic mass is 10.00. The Hall–Kier alpha value is -4.48. The number of H-pyrrole nitrogens is 1. The molecule has 0 unspecified atom stereocenters. The predicted octanol–water partition coefficient (Wildman–Crippen LogP) is -0.407. The van der Waals surface area contributed by atoms with Crippen molar-refractivity contribution in [1.29, 1.82) is 0 Å². The molecule has 0 fully saturated rings. The van der Waals surface area contributed by atoms with Crippen molar-refractivity contribution in [2.75, 3.05) is 12.8 Å². The largest absolute Gasteiger partial charge is 0.504 e. The van der Waals surface area contributed by atoms with Crippen molar-refractivity contribution in [3.63, 3.8) is 0 Å². The third kappa shape index (κ3) is 2.91. The molecule has 0 saturated heterocycles. The molecule has 0 radical (unpaired) electrons. The summed E-state index contributed by atoms with van der Waals surface area (Å²) in [5.41, 5.74) is 4.59. The molecule has 12 heteroatoms. The summed E-state index contributed by atoms with van der Waals surface area (Å²) in [5.74, 6) is -0.105. The fraction of sp³-hybridized carbons (Fsp3) is 0.238. The Morgan fingerprint density at radius 2 is 1.48 bits per heavy atom. The number of phenols is 1. The number of hydrogen-bond donors (Lipinski definition) is 3. The highest BCUT2D eigenvalue weighted by atomic mass is 16.5. The number of methoxy groups -OCH3 is 1. The maximum absolute atomic E-state index is 13.2. The standard InChI is InChI=1S/C21H22N6O6/c1-24-16(22)13(18(29)26(3)20(24)31)12-14-17(25(2)21(32)27(4)19(14)30)23-15(12)9-6-7-10(28)11(8-9)33-5/h6-8,23,28H,22H2,1-5H3. The Labute approximate surface area is 185 Å². The fourth-order valence-corrected chi connectivity index (χ4v) is 3.92. The highest BCUT2D eigenvalue weighted by Gasteiger charge is 2.27. The Bertz CT molecular complexity index is 1700. The zero-order chi connectivity index (χ0) is 24.4. The lowest BCUT2D eigenvalue weighted by Gasteiger charge is -2.13. The second kappa shape index (κ2) is 7.29. The zero-order valence-electron chi connectivity index (χ0n) is 18.6. The van der Waals surface area contributed by atoms with Gasteiger partial charge in [-0.05, 0) is 18.2 Å². The number of fused-ring (bicyclic) bond motifs is 1. The molecule has 4 aromatic rings. The predicted molar refractivity (Wildman–Crippen MR) is 123 cm³/mol. The summed E-state index contributed by atoms with van der Waals surface area (Å²) in [7, 11) is 6.90. The second-order valence-corrected chi connectivity index (χ2v) is 7.66. The van der Waals surface area contributed by atoms with Crippen molar-refractivity contribution in [2.24, 2.45) is 28.2 Å². The lowest BCUT2D eigenvalue weighted by molar-refractivity contribution is 0.373. The third-order valence-electron chi connectivity index (χ3n) is 5.84. The van der Waals surface area contributed by atoms with Crippen LogP contribution in [0.5, 0.6) is 11.5 Å². The van der Waals surface area contributed by atoms with E-state index in [0.29, 0.717) is 5.56 Å². The number of aromatic nitrogens is 5. The van der Waals surface area contributed by atoms with Crippen molar-refractivity contribution >= 4 is 16.9 Å². The summed E-state index contributed by atoms with van der Waals surface area (Å²) < 4.78 is 9.34. The molecule has 4 rings (SSSR count). The van der Waals surface area contributed by atoms with E-state index in [1.54, 1.807) is 6.07 Å². The molecule has 3 aromatic heterocycles. The van der Waals surface area contributed by atoms with Crippen LogP contribution in [0, 0.1) is 0 Å². The molecule has 0 aliphatic rings. The van der Waals surface area contributed by atoms with E-state index in [9.17, 15) is 24.3 Å². The maximum Gasteiger partial charge on any atom is 0.332 e. The Morgan fingerprint density at radius 1 is 0.879 bits per heavy atom. The van der Waals surface area contributed by atoms with Gasteiger partial charge in [-0.25, -0.2) is 9.59 Å². The molecule has 0 amide bonds. The molecule has 0 aliphatic heterocycles. The topological polar surface area (TPSA) is 159 Å². The SMILES string of the molecule is COc1cc(-c2[nH]c3c(c2-c2c(N)n(C)c(=O)n(C)c2=O)c(=O)n(C)c(=O)n3C)ccc1O. The van der Waals surface area contributed by atoms with Gasteiger partial charge in [0, 0.05) is 39.3 Å². The van der Waals surface area contributed by atoms with Gasteiger partial charge in [0.2, 0.25) is 0 Å². The third-order valence-corrected chi connectivity index (χ3v) is 5.84. The van der Waals surface area contributed by atoms with Crippen LogP contribution < -0.4 is 33.0 Å². The fourth-order valence-electron chi connectivity index (χ4n) is 3.92. The Morgan fingerprint density at radius 3 is 2.12 bits per heavy atom. The van der Waals surface area contributed by atoms with Gasteiger partial charge in [0.05, 0.1) is 23.8 Å². The molecule has 172 valence electrons. The molecule has 0 bridgehead atoms. The highest BCUT2D eigenvalue weighted by Crippen LogP contribution is 2.39. The molecule has 4 N–H and O–H groups in total. The zero-order valence-corrected chi connectivity index (χ0v) is 18.6. The number of ether oxygens (including phenoxy) is 1. The van der Waals surface area contributed by atoms with Crippen molar-refractivity contribution < 1.29 is 9.84 Å². The summed E-state index contributed by atoms with van der Waals surface area (Å²) in [6.07, 6.45) is 0. The molecule has 33 heavy (non-hydrogen) atoms. The van der Waals surface area contributed by atoms with Gasteiger partial charge in [0.15, 0.2) is 11.5 Å². The van der Waals surface area contributed by atoms with Crippen LogP contribution in [0.2, 0.25) is 0 Å². The number of aromatic amines is 1. The summed E-state index contributed by atoms with van der Waals surface area (Å²) in [5, 5.41) is 10.1. The average molecular weight is 454 g/mol. The number of hydrogen-bond acceptors (Lipinski definition) is 7. The van der Waals surface area contributed by atoms with Gasteiger partial charge < -0.3 is 20.6 Å². The summed E-state index contributed by atoms with van der Waals surface area (Å²) in [6, 6.07) is 4.45. The van der Waals surface area contributed by atoms with Gasteiger partial charge >= 0.3 is 11.4 Å². The number of aryl methyl sites for hydroxylation is 1. The average Bonchev–Trinajstić information content (AvgIpc) is 3.19. The van der Waals surface area contributed by atoms with E-state index in [0.717, 1.165) is 13.7 Å². The van der Waals surface area contributed by atoms with E-state index in [2.05, 4.69) is 4.98 Å². The van der Waals surface area contributed by atoms with Gasteiger partial charge in [0.1, 0.15) is 11.5 Å². The Balaban J connectivity index is 2.32. The number of anilines is 1. The van der Waals surface area contributed by atoms with Crippen LogP contribution in [0.25, 0.3) is 33.4 Å². The molecule has 0 atom stereocenters. The van der Waals surface area contributed by atoms with Gasteiger partial charge in [0.25, 0.3) is 11.1 Å². The first-order chi connectivity index (χ1) is 15.5. The molecule has 12 nitrogen and oxygen atoms in total. The van der Waals surface area contributed by atoms with Crippen LogP contribution in [0.4, 0.5) is 5.82 Å². The Kier molecular flexibility index (Phi) is 4.80. The van der Waals surface area contributed by atoms with Crippen LogP contribution in [0.15, 0.2) is 37.4 Å². The van der Waals surface area contributed by atoms with E-state index < -0.39 is 22.5 Å². The molecule has 3 heterocycles. The normalized spacial score (nSPS) is 11.3. The number of rotatable bonds is 3. The molecular formula is C21H22N6O6. The summed E-state index contributed by atoms with van der Waals surface area (Å²) in [4.78, 5) is 54.4.